The summed E-state index contributed by atoms with van der Waals surface area (Å²) < 4.78 is 5.38. The fourth-order valence-electron chi connectivity index (χ4n) is 2.88. The van der Waals surface area contributed by atoms with Gasteiger partial charge in [-0.05, 0) is 55.3 Å². The van der Waals surface area contributed by atoms with Gasteiger partial charge in [0, 0.05) is 29.9 Å². The molecule has 0 unspecified atom stereocenters. The van der Waals surface area contributed by atoms with Gasteiger partial charge in [-0.25, -0.2) is 0 Å². The van der Waals surface area contributed by atoms with Crippen molar-refractivity contribution < 1.29 is 14.3 Å². The summed E-state index contributed by atoms with van der Waals surface area (Å²) in [4.78, 5) is 26.3. The molecule has 0 radical (unpaired) electrons. The minimum Gasteiger partial charge on any atom is -0.495 e. The third-order valence-electron chi connectivity index (χ3n) is 4.22. The van der Waals surface area contributed by atoms with Gasteiger partial charge in [-0.15, -0.1) is 0 Å². The lowest BCUT2D eigenvalue weighted by atomic mass is 10.1. The summed E-state index contributed by atoms with van der Waals surface area (Å²) in [6, 6.07) is 12.0. The van der Waals surface area contributed by atoms with Crippen LogP contribution < -0.4 is 20.7 Å². The number of nitrogens with zero attached hydrogens (tertiary/aromatic N) is 1. The second-order valence-electron chi connectivity index (χ2n) is 5.97. The SMILES string of the molecule is COc1ccc(NC(=O)c2ccc(N)cc2)cc1N1CCCCC1=O. The number of carbonyl (C=O) groups is 2. The molecule has 0 saturated carbocycles. The van der Waals surface area contributed by atoms with Crippen LogP contribution in [0.1, 0.15) is 29.6 Å². The zero-order chi connectivity index (χ0) is 17.8. The molecule has 2 aromatic carbocycles. The van der Waals surface area contributed by atoms with Crippen LogP contribution in [0.2, 0.25) is 0 Å². The molecule has 6 heteroatoms. The summed E-state index contributed by atoms with van der Waals surface area (Å²) >= 11 is 0. The average molecular weight is 339 g/mol. The maximum Gasteiger partial charge on any atom is 0.255 e. The molecule has 1 saturated heterocycles. The van der Waals surface area contributed by atoms with Crippen molar-refractivity contribution in [3.05, 3.63) is 48.0 Å². The second-order valence-corrected chi connectivity index (χ2v) is 5.97. The number of piperidine rings is 1. The van der Waals surface area contributed by atoms with E-state index >= 15 is 0 Å². The van der Waals surface area contributed by atoms with Gasteiger partial charge in [0.2, 0.25) is 5.91 Å². The Kier molecular flexibility index (Phi) is 4.88. The molecule has 3 rings (SSSR count). The Hall–Kier alpha value is -3.02. The third kappa shape index (κ3) is 3.74. The second kappa shape index (κ2) is 7.25. The van der Waals surface area contributed by atoms with Crippen LogP contribution in [0, 0.1) is 0 Å². The lowest BCUT2D eigenvalue weighted by molar-refractivity contribution is -0.119. The lowest BCUT2D eigenvalue weighted by Gasteiger charge is -2.28. The molecule has 25 heavy (non-hydrogen) atoms. The molecule has 1 heterocycles. The van der Waals surface area contributed by atoms with Crippen molar-refractivity contribution in [3.8, 4) is 5.75 Å². The van der Waals surface area contributed by atoms with Gasteiger partial charge in [-0.1, -0.05) is 0 Å². The molecule has 0 bridgehead atoms. The number of anilines is 3. The summed E-state index contributed by atoms with van der Waals surface area (Å²) in [5.41, 5.74) is 8.05. The molecule has 6 nitrogen and oxygen atoms in total. The van der Waals surface area contributed by atoms with E-state index in [-0.39, 0.29) is 11.8 Å². The Morgan fingerprint density at radius 3 is 2.60 bits per heavy atom. The number of hydrogen-bond acceptors (Lipinski definition) is 4. The van der Waals surface area contributed by atoms with Crippen LogP contribution in [0.15, 0.2) is 42.5 Å². The number of nitrogen functional groups attached to an aromatic ring is 1. The molecular formula is C19H21N3O3. The summed E-state index contributed by atoms with van der Waals surface area (Å²) in [7, 11) is 1.57. The van der Waals surface area contributed by atoms with E-state index < -0.39 is 0 Å². The number of rotatable bonds is 4. The Morgan fingerprint density at radius 2 is 1.92 bits per heavy atom. The highest BCUT2D eigenvalue weighted by atomic mass is 16.5. The molecule has 2 amide bonds. The van der Waals surface area contributed by atoms with E-state index in [9.17, 15) is 9.59 Å². The molecule has 0 aromatic heterocycles. The molecule has 0 aliphatic carbocycles. The Morgan fingerprint density at radius 1 is 1.16 bits per heavy atom. The minimum absolute atomic E-state index is 0.0755. The van der Waals surface area contributed by atoms with E-state index in [1.54, 1.807) is 54.5 Å². The predicted octanol–water partition coefficient (Wildman–Crippen LogP) is 3.05. The monoisotopic (exact) mass is 339 g/mol. The van der Waals surface area contributed by atoms with Crippen LogP contribution in [0.3, 0.4) is 0 Å². The van der Waals surface area contributed by atoms with Gasteiger partial charge >= 0.3 is 0 Å². The third-order valence-corrected chi connectivity index (χ3v) is 4.22. The van der Waals surface area contributed by atoms with Crippen LogP contribution >= 0.6 is 0 Å². The highest BCUT2D eigenvalue weighted by Gasteiger charge is 2.23. The molecule has 1 aliphatic rings. The van der Waals surface area contributed by atoms with Gasteiger partial charge in [0.15, 0.2) is 0 Å². The zero-order valence-corrected chi connectivity index (χ0v) is 14.1. The van der Waals surface area contributed by atoms with Crippen LogP contribution in [-0.2, 0) is 4.79 Å². The van der Waals surface area contributed by atoms with Crippen molar-refractivity contribution in [2.24, 2.45) is 0 Å². The number of nitrogens with one attached hydrogen (secondary N) is 1. The van der Waals surface area contributed by atoms with Gasteiger partial charge in [-0.3, -0.25) is 9.59 Å². The van der Waals surface area contributed by atoms with E-state index in [1.807, 2.05) is 0 Å². The topological polar surface area (TPSA) is 84.7 Å². The maximum absolute atomic E-state index is 12.4. The minimum atomic E-state index is -0.235. The van der Waals surface area contributed by atoms with Crippen molar-refractivity contribution in [2.75, 3.05) is 29.6 Å². The first-order valence-electron chi connectivity index (χ1n) is 8.24. The maximum atomic E-state index is 12.4. The standard InChI is InChI=1S/C19H21N3O3/c1-25-17-10-9-15(12-16(17)22-11-3-2-4-18(22)23)21-19(24)13-5-7-14(20)8-6-13/h5-10,12H,2-4,11,20H2,1H3,(H,21,24). The van der Waals surface area contributed by atoms with Gasteiger partial charge in [0.1, 0.15) is 5.75 Å². The first-order chi connectivity index (χ1) is 12.1. The number of amides is 2. The number of carbonyl (C=O) groups excluding carboxylic acids is 2. The number of methoxy groups -OCH3 is 1. The highest BCUT2D eigenvalue weighted by molar-refractivity contribution is 6.05. The molecule has 130 valence electrons. The normalized spacial score (nSPS) is 14.3. The van der Waals surface area contributed by atoms with Crippen LogP contribution in [0.4, 0.5) is 17.1 Å². The van der Waals surface area contributed by atoms with E-state index in [1.165, 1.54) is 0 Å². The van der Waals surface area contributed by atoms with E-state index in [0.29, 0.717) is 41.3 Å². The van der Waals surface area contributed by atoms with E-state index in [0.717, 1.165) is 12.8 Å². The van der Waals surface area contributed by atoms with E-state index in [2.05, 4.69) is 5.32 Å². The van der Waals surface area contributed by atoms with Gasteiger partial charge in [0.05, 0.1) is 12.8 Å². The first-order valence-corrected chi connectivity index (χ1v) is 8.24. The summed E-state index contributed by atoms with van der Waals surface area (Å²) in [5, 5.41) is 2.85. The van der Waals surface area contributed by atoms with Crippen molar-refractivity contribution in [3.63, 3.8) is 0 Å². The summed E-state index contributed by atoms with van der Waals surface area (Å²) in [6.45, 7) is 0.657. The fourth-order valence-corrected chi connectivity index (χ4v) is 2.88. The zero-order valence-electron chi connectivity index (χ0n) is 14.1. The van der Waals surface area contributed by atoms with Gasteiger partial charge in [0.25, 0.3) is 5.91 Å². The van der Waals surface area contributed by atoms with Crippen molar-refractivity contribution in [1.82, 2.24) is 0 Å². The summed E-state index contributed by atoms with van der Waals surface area (Å²) in [6.07, 6.45) is 2.40. The number of hydrogen-bond donors (Lipinski definition) is 2. The number of benzene rings is 2. The quantitative estimate of drug-likeness (QED) is 0.839. The van der Waals surface area contributed by atoms with Gasteiger partial charge < -0.3 is 20.7 Å². The average Bonchev–Trinajstić information content (AvgIpc) is 2.62. The highest BCUT2D eigenvalue weighted by Crippen LogP contribution is 2.33. The molecule has 0 atom stereocenters. The number of ether oxygens (including phenoxy) is 1. The Balaban J connectivity index is 1.84. The predicted molar refractivity (Wildman–Crippen MR) is 98.0 cm³/mol. The van der Waals surface area contributed by atoms with E-state index in [4.69, 9.17) is 10.5 Å². The molecule has 1 aliphatic heterocycles. The van der Waals surface area contributed by atoms with Crippen LogP contribution in [-0.4, -0.2) is 25.5 Å². The Labute approximate surface area is 146 Å². The summed E-state index contributed by atoms with van der Waals surface area (Å²) in [5.74, 6) is 0.452. The molecule has 1 fully saturated rings. The van der Waals surface area contributed by atoms with Crippen LogP contribution in [0.25, 0.3) is 0 Å². The molecule has 0 spiro atoms. The molecular weight excluding hydrogens is 318 g/mol. The molecule has 2 aromatic rings. The Bertz CT molecular complexity index is 787. The first kappa shape index (κ1) is 16.8. The van der Waals surface area contributed by atoms with Crippen molar-refractivity contribution in [1.29, 1.82) is 0 Å². The smallest absolute Gasteiger partial charge is 0.255 e. The van der Waals surface area contributed by atoms with Crippen molar-refractivity contribution in [2.45, 2.75) is 19.3 Å². The fraction of sp³-hybridized carbons (Fsp3) is 0.263. The molecule has 3 N–H and O–H groups in total. The van der Waals surface area contributed by atoms with Crippen molar-refractivity contribution >= 4 is 28.9 Å². The lowest BCUT2D eigenvalue weighted by Crippen LogP contribution is -2.35. The largest absolute Gasteiger partial charge is 0.495 e. The van der Waals surface area contributed by atoms with Gasteiger partial charge in [-0.2, -0.15) is 0 Å². The van der Waals surface area contributed by atoms with Crippen LogP contribution in [0.5, 0.6) is 5.75 Å². The number of nitrogens with two attached hydrogens (primary N) is 1.